The van der Waals surface area contributed by atoms with Crippen molar-refractivity contribution >= 4 is 17.5 Å². The molecular formula is C14H16ClN3O2. The van der Waals surface area contributed by atoms with Gasteiger partial charge in [-0.25, -0.2) is 0 Å². The van der Waals surface area contributed by atoms with E-state index < -0.39 is 0 Å². The summed E-state index contributed by atoms with van der Waals surface area (Å²) in [6.45, 7) is 2.38. The summed E-state index contributed by atoms with van der Waals surface area (Å²) in [5.74, 6) is 0.538. The number of nitrogens with one attached hydrogen (secondary N) is 1. The van der Waals surface area contributed by atoms with Crippen molar-refractivity contribution in [2.45, 2.75) is 13.5 Å². The Balaban J connectivity index is 1.86. The molecule has 0 atom stereocenters. The molecule has 0 aliphatic carbocycles. The minimum Gasteiger partial charge on any atom is -0.484 e. The normalized spacial score (nSPS) is 10.3. The third-order valence-corrected chi connectivity index (χ3v) is 3.32. The molecule has 0 saturated heterocycles. The second kappa shape index (κ2) is 6.43. The Morgan fingerprint density at radius 1 is 1.50 bits per heavy atom. The van der Waals surface area contributed by atoms with Crippen LogP contribution in [0.1, 0.15) is 11.1 Å². The molecule has 6 heteroatoms. The number of halogens is 1. The summed E-state index contributed by atoms with van der Waals surface area (Å²) >= 11 is 5.93. The minimum absolute atomic E-state index is 0.00454. The fourth-order valence-corrected chi connectivity index (χ4v) is 1.81. The molecule has 0 radical (unpaired) electrons. The fraction of sp³-hybridized carbons (Fsp3) is 0.286. The van der Waals surface area contributed by atoms with Gasteiger partial charge in [0.25, 0.3) is 5.91 Å². The number of nitrogens with zero attached hydrogens (tertiary/aromatic N) is 2. The molecule has 2 aromatic rings. The topological polar surface area (TPSA) is 58.2 Å². The molecule has 0 aliphatic rings. The lowest BCUT2D eigenvalue weighted by Crippen LogP contribution is -2.30. The maximum absolute atomic E-state index is 11.9. The first kappa shape index (κ1) is 14.4. The number of carbonyl (C=O) groups is 1. The van der Waals surface area contributed by atoms with E-state index in [1.807, 2.05) is 13.0 Å². The molecule has 0 unspecified atom stereocenters. The maximum Gasteiger partial charge on any atom is 0.260 e. The molecule has 0 bridgehead atoms. The predicted octanol–water partition coefficient (Wildman–Crippen LogP) is 2.41. The maximum atomic E-state index is 11.9. The van der Waals surface area contributed by atoms with Gasteiger partial charge in [0.15, 0.2) is 6.61 Å². The van der Waals surface area contributed by atoms with E-state index in [1.165, 1.54) is 0 Å². The first-order valence-electron chi connectivity index (χ1n) is 6.17. The van der Waals surface area contributed by atoms with Crippen molar-refractivity contribution < 1.29 is 9.53 Å². The van der Waals surface area contributed by atoms with Crippen LogP contribution in [0.3, 0.4) is 0 Å². The van der Waals surface area contributed by atoms with E-state index in [4.69, 9.17) is 16.3 Å². The van der Waals surface area contributed by atoms with E-state index >= 15 is 0 Å². The van der Waals surface area contributed by atoms with Gasteiger partial charge >= 0.3 is 0 Å². The third kappa shape index (κ3) is 3.74. The molecule has 0 fully saturated rings. The third-order valence-electron chi connectivity index (χ3n) is 2.89. The monoisotopic (exact) mass is 293 g/mol. The van der Waals surface area contributed by atoms with Crippen molar-refractivity contribution in [3.63, 3.8) is 0 Å². The zero-order chi connectivity index (χ0) is 14.5. The molecule has 106 valence electrons. The van der Waals surface area contributed by atoms with Crippen molar-refractivity contribution in [2.24, 2.45) is 0 Å². The highest BCUT2D eigenvalue weighted by atomic mass is 35.5. The van der Waals surface area contributed by atoms with Gasteiger partial charge in [0.1, 0.15) is 5.75 Å². The Bertz CT molecular complexity index is 584. The Hall–Kier alpha value is -2.01. The van der Waals surface area contributed by atoms with Gasteiger partial charge in [-0.15, -0.1) is 0 Å². The van der Waals surface area contributed by atoms with Crippen molar-refractivity contribution in [1.82, 2.24) is 15.1 Å². The number of aromatic amines is 1. The van der Waals surface area contributed by atoms with Crippen LogP contribution in [0.2, 0.25) is 5.02 Å². The molecule has 20 heavy (non-hydrogen) atoms. The molecule has 0 spiro atoms. The van der Waals surface area contributed by atoms with Crippen molar-refractivity contribution in [1.29, 1.82) is 0 Å². The Kier molecular flexibility index (Phi) is 4.63. The smallest absolute Gasteiger partial charge is 0.260 e. The number of aryl methyl sites for hydroxylation is 1. The molecule has 1 aromatic heterocycles. The highest BCUT2D eigenvalue weighted by Gasteiger charge is 2.11. The zero-order valence-corrected chi connectivity index (χ0v) is 12.1. The minimum atomic E-state index is -0.0983. The number of carbonyl (C=O) groups excluding carboxylic acids is 1. The van der Waals surface area contributed by atoms with Crippen LogP contribution in [-0.4, -0.2) is 34.7 Å². The summed E-state index contributed by atoms with van der Waals surface area (Å²) in [7, 11) is 1.73. The van der Waals surface area contributed by atoms with Crippen molar-refractivity contribution in [2.75, 3.05) is 13.7 Å². The van der Waals surface area contributed by atoms with Crippen LogP contribution >= 0.6 is 11.6 Å². The highest BCUT2D eigenvalue weighted by molar-refractivity contribution is 6.31. The largest absolute Gasteiger partial charge is 0.484 e. The van der Waals surface area contributed by atoms with Gasteiger partial charge in [-0.1, -0.05) is 11.6 Å². The quantitative estimate of drug-likeness (QED) is 0.921. The van der Waals surface area contributed by atoms with Crippen LogP contribution in [0.4, 0.5) is 0 Å². The summed E-state index contributed by atoms with van der Waals surface area (Å²) in [5, 5.41) is 7.23. The predicted molar refractivity (Wildman–Crippen MR) is 76.7 cm³/mol. The average Bonchev–Trinajstić information content (AvgIpc) is 2.92. The highest BCUT2D eigenvalue weighted by Crippen LogP contribution is 2.21. The first-order valence-corrected chi connectivity index (χ1v) is 6.54. The van der Waals surface area contributed by atoms with Crippen LogP contribution in [0.15, 0.2) is 30.6 Å². The van der Waals surface area contributed by atoms with E-state index in [0.717, 1.165) is 11.1 Å². The Morgan fingerprint density at radius 3 is 2.95 bits per heavy atom. The van der Waals surface area contributed by atoms with Gasteiger partial charge in [0.2, 0.25) is 0 Å². The van der Waals surface area contributed by atoms with E-state index in [1.54, 1.807) is 36.5 Å². The van der Waals surface area contributed by atoms with Gasteiger partial charge in [0, 0.05) is 30.4 Å². The molecule has 1 N–H and O–H groups in total. The van der Waals surface area contributed by atoms with Gasteiger partial charge < -0.3 is 9.64 Å². The molecule has 0 aliphatic heterocycles. The summed E-state index contributed by atoms with van der Waals surface area (Å²) in [5.41, 5.74) is 1.87. The van der Waals surface area contributed by atoms with E-state index in [2.05, 4.69) is 10.2 Å². The number of H-pyrrole nitrogens is 1. The molecule has 0 saturated carbocycles. The van der Waals surface area contributed by atoms with Gasteiger partial charge in [-0.3, -0.25) is 9.89 Å². The average molecular weight is 294 g/mol. The second-order valence-electron chi connectivity index (χ2n) is 4.56. The van der Waals surface area contributed by atoms with Crippen LogP contribution in [-0.2, 0) is 11.3 Å². The number of amides is 1. The molecular weight excluding hydrogens is 278 g/mol. The Labute approximate surface area is 122 Å². The number of aromatic nitrogens is 2. The molecule has 2 rings (SSSR count). The molecule has 1 heterocycles. The van der Waals surface area contributed by atoms with E-state index in [9.17, 15) is 4.79 Å². The lowest BCUT2D eigenvalue weighted by Gasteiger charge is -2.16. The van der Waals surface area contributed by atoms with E-state index in [-0.39, 0.29) is 12.5 Å². The van der Waals surface area contributed by atoms with Crippen LogP contribution in [0.25, 0.3) is 0 Å². The first-order chi connectivity index (χ1) is 9.56. The summed E-state index contributed by atoms with van der Waals surface area (Å²) in [6.07, 6.45) is 3.44. The van der Waals surface area contributed by atoms with Crippen molar-refractivity contribution in [3.8, 4) is 5.75 Å². The number of ether oxygens (including phenoxy) is 1. The SMILES string of the molecule is Cc1cc(OCC(=O)N(C)Cc2cn[nH]c2)ccc1Cl. The van der Waals surface area contributed by atoms with Crippen LogP contribution in [0.5, 0.6) is 5.75 Å². The number of benzene rings is 1. The fourth-order valence-electron chi connectivity index (χ4n) is 1.69. The van der Waals surface area contributed by atoms with Crippen LogP contribution < -0.4 is 4.74 Å². The Morgan fingerprint density at radius 2 is 2.30 bits per heavy atom. The summed E-state index contributed by atoms with van der Waals surface area (Å²) in [6, 6.07) is 5.32. The molecule has 1 aromatic carbocycles. The zero-order valence-electron chi connectivity index (χ0n) is 11.4. The van der Waals surface area contributed by atoms with Gasteiger partial charge in [0.05, 0.1) is 6.20 Å². The van der Waals surface area contributed by atoms with Gasteiger partial charge in [-0.05, 0) is 30.7 Å². The molecule has 1 amide bonds. The summed E-state index contributed by atoms with van der Waals surface area (Å²) < 4.78 is 5.47. The van der Waals surface area contributed by atoms with Crippen molar-refractivity contribution in [3.05, 3.63) is 46.7 Å². The van der Waals surface area contributed by atoms with E-state index in [0.29, 0.717) is 17.3 Å². The van der Waals surface area contributed by atoms with Gasteiger partial charge in [-0.2, -0.15) is 5.10 Å². The second-order valence-corrected chi connectivity index (χ2v) is 4.96. The summed E-state index contributed by atoms with van der Waals surface area (Å²) in [4.78, 5) is 13.5. The van der Waals surface area contributed by atoms with Crippen LogP contribution in [0, 0.1) is 6.92 Å². The standard InChI is InChI=1S/C14H16ClN3O2/c1-10-5-12(3-4-13(10)15)20-9-14(19)18(2)8-11-6-16-17-7-11/h3-7H,8-9H2,1-2H3,(H,16,17). The number of hydrogen-bond donors (Lipinski definition) is 1. The lowest BCUT2D eigenvalue weighted by atomic mass is 10.2. The number of likely N-dealkylation sites (N-methyl/N-ethyl adjacent to an activating group) is 1. The molecule has 5 nitrogen and oxygen atoms in total. The number of hydrogen-bond acceptors (Lipinski definition) is 3. The number of rotatable bonds is 5. The lowest BCUT2D eigenvalue weighted by molar-refractivity contribution is -0.132.